The van der Waals surface area contributed by atoms with E-state index in [0.717, 1.165) is 16.7 Å². The van der Waals surface area contributed by atoms with Crippen LogP contribution in [0.2, 0.25) is 0 Å². The number of carbonyl (C=O) groups is 3. The number of esters is 1. The average Bonchev–Trinajstić information content (AvgIpc) is 2.77. The van der Waals surface area contributed by atoms with Crippen molar-refractivity contribution < 1.29 is 24.2 Å². The first-order valence-electron chi connectivity index (χ1n) is 9.80. The van der Waals surface area contributed by atoms with Gasteiger partial charge in [0.1, 0.15) is 6.61 Å². The maximum absolute atomic E-state index is 12.7. The number of aliphatic hydroxyl groups excluding tert-OH is 1. The van der Waals surface area contributed by atoms with Gasteiger partial charge in [-0.25, -0.2) is 0 Å². The highest BCUT2D eigenvalue weighted by Crippen LogP contribution is 2.14. The Labute approximate surface area is 176 Å². The Balaban J connectivity index is 1.93. The number of hydrogen-bond acceptors (Lipinski definition) is 5. The molecule has 1 amide bonds. The molecule has 0 aliphatic rings. The van der Waals surface area contributed by atoms with Gasteiger partial charge in [-0.3, -0.25) is 14.4 Å². The van der Waals surface area contributed by atoms with Crippen LogP contribution in [-0.2, 0) is 38.6 Å². The van der Waals surface area contributed by atoms with E-state index in [9.17, 15) is 14.4 Å². The van der Waals surface area contributed by atoms with Crippen molar-refractivity contribution in [3.05, 3.63) is 83.9 Å². The second-order valence-corrected chi connectivity index (χ2v) is 6.97. The Kier molecular flexibility index (Phi) is 9.48. The molecule has 0 unspecified atom stereocenters. The van der Waals surface area contributed by atoms with Crippen LogP contribution in [0, 0.1) is 5.92 Å². The first-order chi connectivity index (χ1) is 14.5. The number of hydrogen-bond donors (Lipinski definition) is 2. The Bertz CT molecular complexity index is 846. The largest absolute Gasteiger partial charge is 0.461 e. The maximum Gasteiger partial charge on any atom is 0.306 e. The van der Waals surface area contributed by atoms with Gasteiger partial charge in [0, 0.05) is 6.42 Å². The summed E-state index contributed by atoms with van der Waals surface area (Å²) >= 11 is 0. The van der Waals surface area contributed by atoms with E-state index >= 15 is 0 Å². The summed E-state index contributed by atoms with van der Waals surface area (Å²) in [5.41, 5.74) is 2.50. The van der Waals surface area contributed by atoms with E-state index in [-0.39, 0.29) is 44.3 Å². The second kappa shape index (κ2) is 12.3. The summed E-state index contributed by atoms with van der Waals surface area (Å²) in [5.74, 6) is -1.63. The molecule has 0 saturated carbocycles. The molecule has 6 heteroatoms. The monoisotopic (exact) mass is 409 g/mol. The number of nitrogens with one attached hydrogen (secondary N) is 1. The zero-order valence-electron chi connectivity index (χ0n) is 16.9. The molecule has 2 rings (SSSR count). The first kappa shape index (κ1) is 23.0. The molecule has 0 saturated heterocycles. The number of amides is 1. The Morgan fingerprint density at radius 3 is 2.30 bits per heavy atom. The third-order valence-electron chi connectivity index (χ3n) is 4.54. The van der Waals surface area contributed by atoms with Gasteiger partial charge in [-0.05, 0) is 23.1 Å². The van der Waals surface area contributed by atoms with Crippen LogP contribution in [0.1, 0.15) is 23.1 Å². The highest BCUT2D eigenvalue weighted by atomic mass is 16.5. The van der Waals surface area contributed by atoms with E-state index in [1.165, 1.54) is 6.08 Å². The van der Waals surface area contributed by atoms with Crippen LogP contribution in [0.15, 0.2) is 67.3 Å². The van der Waals surface area contributed by atoms with Crippen molar-refractivity contribution in [2.75, 3.05) is 13.2 Å². The number of aliphatic hydroxyl groups is 1. The molecule has 0 spiro atoms. The van der Waals surface area contributed by atoms with Crippen LogP contribution < -0.4 is 5.32 Å². The van der Waals surface area contributed by atoms with E-state index in [0.29, 0.717) is 6.42 Å². The molecule has 158 valence electrons. The molecule has 0 fully saturated rings. The Morgan fingerprint density at radius 2 is 1.67 bits per heavy atom. The minimum atomic E-state index is -0.638. The molecule has 0 bridgehead atoms. The maximum atomic E-state index is 12.7. The molecule has 0 radical (unpaired) electrons. The highest BCUT2D eigenvalue weighted by Gasteiger charge is 2.23. The molecule has 6 nitrogen and oxygen atoms in total. The molecule has 1 atom stereocenters. The smallest absolute Gasteiger partial charge is 0.306 e. The highest BCUT2D eigenvalue weighted by molar-refractivity contribution is 5.89. The summed E-state index contributed by atoms with van der Waals surface area (Å²) in [4.78, 5) is 36.9. The van der Waals surface area contributed by atoms with E-state index in [1.807, 2.05) is 30.3 Å². The molecule has 2 aromatic carbocycles. The SMILES string of the molecule is C=CCOC(=O)C[C@@H](Cc1ccccc1)C(=O)NCC(=O)Cc1ccc(CO)cc1. The lowest BCUT2D eigenvalue weighted by Crippen LogP contribution is -2.37. The normalized spacial score (nSPS) is 11.4. The molecule has 0 heterocycles. The summed E-state index contributed by atoms with van der Waals surface area (Å²) < 4.78 is 5.01. The predicted molar refractivity (Wildman–Crippen MR) is 113 cm³/mol. The summed E-state index contributed by atoms with van der Waals surface area (Å²) in [6.07, 6.45) is 1.94. The van der Waals surface area contributed by atoms with Crippen molar-refractivity contribution in [2.24, 2.45) is 5.92 Å². The fourth-order valence-corrected chi connectivity index (χ4v) is 2.95. The number of ether oxygens (including phenoxy) is 1. The number of benzene rings is 2. The van der Waals surface area contributed by atoms with Gasteiger partial charge in [0.2, 0.25) is 5.91 Å². The van der Waals surface area contributed by atoms with Crippen LogP contribution in [0.25, 0.3) is 0 Å². The van der Waals surface area contributed by atoms with E-state index in [1.54, 1.807) is 24.3 Å². The van der Waals surface area contributed by atoms with Crippen LogP contribution in [0.4, 0.5) is 0 Å². The van der Waals surface area contributed by atoms with E-state index < -0.39 is 11.9 Å². The van der Waals surface area contributed by atoms with Gasteiger partial charge in [-0.2, -0.15) is 0 Å². The van der Waals surface area contributed by atoms with Crippen molar-refractivity contribution in [3.8, 4) is 0 Å². The van der Waals surface area contributed by atoms with Gasteiger partial charge < -0.3 is 15.2 Å². The van der Waals surface area contributed by atoms with Crippen LogP contribution >= 0.6 is 0 Å². The third-order valence-corrected chi connectivity index (χ3v) is 4.54. The van der Waals surface area contributed by atoms with Gasteiger partial charge in [0.15, 0.2) is 5.78 Å². The van der Waals surface area contributed by atoms with Crippen molar-refractivity contribution >= 4 is 17.7 Å². The third kappa shape index (κ3) is 8.01. The molecular weight excluding hydrogens is 382 g/mol. The average molecular weight is 409 g/mol. The van der Waals surface area contributed by atoms with Crippen LogP contribution in [-0.4, -0.2) is 35.9 Å². The first-order valence-corrected chi connectivity index (χ1v) is 9.80. The quantitative estimate of drug-likeness (QED) is 0.415. The lowest BCUT2D eigenvalue weighted by molar-refractivity contribution is -0.145. The standard InChI is InChI=1S/C24H27NO5/c1-2-12-30-23(28)15-21(13-18-6-4-3-5-7-18)24(29)25-16-22(27)14-19-8-10-20(17-26)11-9-19/h2-11,21,26H,1,12-17H2,(H,25,29)/t21-/m1/s1. The predicted octanol–water partition coefficient (Wildman–Crippen LogP) is 2.38. The minimum Gasteiger partial charge on any atom is -0.461 e. The number of rotatable bonds is 12. The van der Waals surface area contributed by atoms with Crippen molar-refractivity contribution in [1.29, 1.82) is 0 Å². The molecular formula is C24H27NO5. The molecule has 2 N–H and O–H groups in total. The van der Waals surface area contributed by atoms with Gasteiger partial charge in [-0.15, -0.1) is 0 Å². The Hall–Kier alpha value is -3.25. The van der Waals surface area contributed by atoms with Crippen molar-refractivity contribution in [3.63, 3.8) is 0 Å². The number of carbonyl (C=O) groups excluding carboxylic acids is 3. The topological polar surface area (TPSA) is 92.7 Å². The molecule has 0 aromatic heterocycles. The molecule has 0 aliphatic carbocycles. The summed E-state index contributed by atoms with van der Waals surface area (Å²) in [6, 6.07) is 16.4. The van der Waals surface area contributed by atoms with E-state index in [4.69, 9.17) is 9.84 Å². The van der Waals surface area contributed by atoms with Crippen molar-refractivity contribution in [1.82, 2.24) is 5.32 Å². The summed E-state index contributed by atoms with van der Waals surface area (Å²) in [7, 11) is 0. The van der Waals surface area contributed by atoms with Crippen LogP contribution in [0.3, 0.4) is 0 Å². The molecule has 0 aliphatic heterocycles. The summed E-state index contributed by atoms with van der Waals surface area (Å²) in [5, 5.41) is 11.7. The number of ketones is 1. The number of Topliss-reactive ketones (excluding diaryl/α,β-unsaturated/α-hetero) is 1. The lowest BCUT2D eigenvalue weighted by atomic mass is 9.95. The van der Waals surface area contributed by atoms with Gasteiger partial charge in [-0.1, -0.05) is 67.3 Å². The minimum absolute atomic E-state index is 0.0533. The van der Waals surface area contributed by atoms with Gasteiger partial charge in [0.25, 0.3) is 0 Å². The molecule has 30 heavy (non-hydrogen) atoms. The fraction of sp³-hybridized carbons (Fsp3) is 0.292. The van der Waals surface area contributed by atoms with Crippen molar-refractivity contribution in [2.45, 2.75) is 25.9 Å². The second-order valence-electron chi connectivity index (χ2n) is 6.97. The molecule has 2 aromatic rings. The van der Waals surface area contributed by atoms with Gasteiger partial charge >= 0.3 is 5.97 Å². The van der Waals surface area contributed by atoms with E-state index in [2.05, 4.69) is 11.9 Å². The van der Waals surface area contributed by atoms with Gasteiger partial charge in [0.05, 0.1) is 25.5 Å². The zero-order chi connectivity index (χ0) is 21.8. The Morgan fingerprint density at radius 1 is 1.00 bits per heavy atom. The summed E-state index contributed by atoms with van der Waals surface area (Å²) in [6.45, 7) is 3.42. The zero-order valence-corrected chi connectivity index (χ0v) is 16.9. The lowest BCUT2D eigenvalue weighted by Gasteiger charge is -2.16. The fourth-order valence-electron chi connectivity index (χ4n) is 2.95. The van der Waals surface area contributed by atoms with Crippen LogP contribution in [0.5, 0.6) is 0 Å².